The fraction of sp³-hybridized carbons (Fsp3) is 0.350. The minimum Gasteiger partial charge on any atom is -0.378 e. The normalized spacial score (nSPS) is 14.4. The first-order valence-corrected chi connectivity index (χ1v) is 9.23. The molecule has 146 valence electrons. The van der Waals surface area contributed by atoms with E-state index in [0.29, 0.717) is 6.54 Å². The van der Waals surface area contributed by atoms with Crippen LogP contribution in [0.15, 0.2) is 53.5 Å². The Labute approximate surface area is 183 Å². The first kappa shape index (κ1) is 21.8. The van der Waals surface area contributed by atoms with Crippen molar-refractivity contribution < 1.29 is 4.74 Å². The number of rotatable bonds is 5. The molecule has 0 spiro atoms. The van der Waals surface area contributed by atoms with Gasteiger partial charge in [-0.05, 0) is 35.4 Å². The average molecular weight is 501 g/mol. The summed E-state index contributed by atoms with van der Waals surface area (Å²) in [6, 6.07) is 16.5. The van der Waals surface area contributed by atoms with Gasteiger partial charge in [-0.15, -0.1) is 24.0 Å². The molecule has 0 amide bonds. The SMILES string of the molecule is CN=C(NCc1ccc(N2CCOCC2)cc1)NCc1cccc(Cl)c1.I. The molecule has 2 aromatic carbocycles. The Hall–Kier alpha value is -1.51. The molecule has 2 aromatic rings. The topological polar surface area (TPSA) is 48.9 Å². The number of anilines is 1. The minimum absolute atomic E-state index is 0. The maximum Gasteiger partial charge on any atom is 0.191 e. The van der Waals surface area contributed by atoms with Crippen LogP contribution in [0, 0.1) is 0 Å². The highest BCUT2D eigenvalue weighted by Gasteiger charge is 2.10. The molecular formula is C20H26ClIN4O. The van der Waals surface area contributed by atoms with Gasteiger partial charge >= 0.3 is 0 Å². The number of morpholine rings is 1. The van der Waals surface area contributed by atoms with Gasteiger partial charge in [0.05, 0.1) is 13.2 Å². The number of aliphatic imine (C=N–C) groups is 1. The van der Waals surface area contributed by atoms with Gasteiger partial charge < -0.3 is 20.3 Å². The molecule has 0 radical (unpaired) electrons. The summed E-state index contributed by atoms with van der Waals surface area (Å²) in [5, 5.41) is 7.39. The van der Waals surface area contributed by atoms with E-state index in [-0.39, 0.29) is 24.0 Å². The van der Waals surface area contributed by atoms with Crippen molar-refractivity contribution in [1.29, 1.82) is 0 Å². The second-order valence-corrected chi connectivity index (χ2v) is 6.61. The number of hydrogen-bond donors (Lipinski definition) is 2. The largest absolute Gasteiger partial charge is 0.378 e. The third kappa shape index (κ3) is 6.86. The van der Waals surface area contributed by atoms with Crippen LogP contribution in [0.2, 0.25) is 5.02 Å². The van der Waals surface area contributed by atoms with E-state index in [4.69, 9.17) is 16.3 Å². The second kappa shape index (κ2) is 11.4. The van der Waals surface area contributed by atoms with Gasteiger partial charge in [-0.3, -0.25) is 4.99 Å². The highest BCUT2D eigenvalue weighted by Crippen LogP contribution is 2.16. The molecule has 2 N–H and O–H groups in total. The summed E-state index contributed by atoms with van der Waals surface area (Å²) in [4.78, 5) is 6.62. The van der Waals surface area contributed by atoms with Crippen LogP contribution in [0.3, 0.4) is 0 Å². The minimum atomic E-state index is 0. The zero-order valence-corrected chi connectivity index (χ0v) is 18.5. The number of hydrogen-bond acceptors (Lipinski definition) is 3. The van der Waals surface area contributed by atoms with Gasteiger partial charge in [-0.25, -0.2) is 0 Å². The summed E-state index contributed by atoms with van der Waals surface area (Å²) < 4.78 is 5.40. The molecule has 1 aliphatic heterocycles. The Morgan fingerprint density at radius 3 is 2.33 bits per heavy atom. The molecule has 0 aliphatic carbocycles. The standard InChI is InChI=1S/C20H25ClN4O.HI/c1-22-20(24-15-17-3-2-4-18(21)13-17)23-14-16-5-7-19(8-6-16)25-9-11-26-12-10-25;/h2-8,13H,9-12,14-15H2,1H3,(H2,22,23,24);1H. The van der Waals surface area contributed by atoms with Crippen LogP contribution in [-0.2, 0) is 17.8 Å². The Bertz CT molecular complexity index is 733. The van der Waals surface area contributed by atoms with Crippen molar-refractivity contribution in [1.82, 2.24) is 10.6 Å². The van der Waals surface area contributed by atoms with Crippen molar-refractivity contribution in [2.45, 2.75) is 13.1 Å². The van der Waals surface area contributed by atoms with E-state index in [1.807, 2.05) is 24.3 Å². The molecule has 1 fully saturated rings. The summed E-state index contributed by atoms with van der Waals surface area (Å²) in [5.41, 5.74) is 3.59. The van der Waals surface area contributed by atoms with E-state index in [1.165, 1.54) is 11.3 Å². The highest BCUT2D eigenvalue weighted by molar-refractivity contribution is 14.0. The van der Waals surface area contributed by atoms with E-state index in [9.17, 15) is 0 Å². The monoisotopic (exact) mass is 500 g/mol. The summed E-state index contributed by atoms with van der Waals surface area (Å²) >= 11 is 6.02. The van der Waals surface area contributed by atoms with E-state index in [2.05, 4.69) is 44.8 Å². The number of nitrogens with zero attached hydrogens (tertiary/aromatic N) is 2. The van der Waals surface area contributed by atoms with Crippen LogP contribution >= 0.6 is 35.6 Å². The Morgan fingerprint density at radius 1 is 1.04 bits per heavy atom. The number of halogens is 2. The summed E-state index contributed by atoms with van der Waals surface area (Å²) in [6.07, 6.45) is 0. The lowest BCUT2D eigenvalue weighted by atomic mass is 10.2. The van der Waals surface area contributed by atoms with Crippen molar-refractivity contribution in [3.05, 3.63) is 64.7 Å². The summed E-state index contributed by atoms with van der Waals surface area (Å²) in [6.45, 7) is 4.92. The van der Waals surface area contributed by atoms with Gasteiger partial charge in [0.25, 0.3) is 0 Å². The maximum atomic E-state index is 6.02. The number of nitrogens with one attached hydrogen (secondary N) is 2. The Morgan fingerprint density at radius 2 is 1.70 bits per heavy atom. The maximum absolute atomic E-state index is 6.02. The average Bonchev–Trinajstić information content (AvgIpc) is 2.69. The molecule has 27 heavy (non-hydrogen) atoms. The van der Waals surface area contributed by atoms with Gasteiger partial charge in [0.2, 0.25) is 0 Å². The Balaban J connectivity index is 0.00000261. The predicted octanol–water partition coefficient (Wildman–Crippen LogP) is 3.66. The zero-order chi connectivity index (χ0) is 18.2. The van der Waals surface area contributed by atoms with Crippen LogP contribution in [0.1, 0.15) is 11.1 Å². The zero-order valence-electron chi connectivity index (χ0n) is 15.5. The third-order valence-corrected chi connectivity index (χ3v) is 4.58. The molecule has 0 bridgehead atoms. The molecule has 0 aromatic heterocycles. The van der Waals surface area contributed by atoms with Crippen molar-refractivity contribution in [3.63, 3.8) is 0 Å². The van der Waals surface area contributed by atoms with E-state index in [0.717, 1.165) is 49.4 Å². The van der Waals surface area contributed by atoms with Crippen LogP contribution in [0.4, 0.5) is 5.69 Å². The smallest absolute Gasteiger partial charge is 0.191 e. The van der Waals surface area contributed by atoms with Crippen molar-refractivity contribution >= 4 is 47.2 Å². The number of guanidine groups is 1. The fourth-order valence-electron chi connectivity index (χ4n) is 2.89. The highest BCUT2D eigenvalue weighted by atomic mass is 127. The van der Waals surface area contributed by atoms with Crippen LogP contribution in [0.5, 0.6) is 0 Å². The molecule has 5 nitrogen and oxygen atoms in total. The molecule has 1 aliphatic rings. The van der Waals surface area contributed by atoms with Gasteiger partial charge in [0.15, 0.2) is 5.96 Å². The van der Waals surface area contributed by atoms with Gasteiger partial charge in [0.1, 0.15) is 0 Å². The van der Waals surface area contributed by atoms with E-state index >= 15 is 0 Å². The molecule has 0 unspecified atom stereocenters. The molecule has 0 saturated carbocycles. The molecular weight excluding hydrogens is 475 g/mol. The van der Waals surface area contributed by atoms with Crippen molar-refractivity contribution in [3.8, 4) is 0 Å². The number of ether oxygens (including phenoxy) is 1. The molecule has 7 heteroatoms. The van der Waals surface area contributed by atoms with Gasteiger partial charge in [-0.1, -0.05) is 35.9 Å². The molecule has 0 atom stereocenters. The predicted molar refractivity (Wildman–Crippen MR) is 123 cm³/mol. The fourth-order valence-corrected chi connectivity index (χ4v) is 3.10. The van der Waals surface area contributed by atoms with Crippen molar-refractivity contribution in [2.75, 3.05) is 38.3 Å². The van der Waals surface area contributed by atoms with Gasteiger partial charge in [0, 0.05) is 43.9 Å². The van der Waals surface area contributed by atoms with E-state index < -0.39 is 0 Å². The number of benzene rings is 2. The molecule has 3 rings (SSSR count). The van der Waals surface area contributed by atoms with E-state index in [1.54, 1.807) is 7.05 Å². The third-order valence-electron chi connectivity index (χ3n) is 4.35. The summed E-state index contributed by atoms with van der Waals surface area (Å²) in [5.74, 6) is 0.766. The lowest BCUT2D eigenvalue weighted by molar-refractivity contribution is 0.122. The molecule has 1 saturated heterocycles. The first-order valence-electron chi connectivity index (χ1n) is 8.85. The molecule has 1 heterocycles. The van der Waals surface area contributed by atoms with Crippen LogP contribution < -0.4 is 15.5 Å². The van der Waals surface area contributed by atoms with Crippen molar-refractivity contribution in [2.24, 2.45) is 4.99 Å². The van der Waals surface area contributed by atoms with Crippen LogP contribution in [0.25, 0.3) is 0 Å². The quantitative estimate of drug-likeness (QED) is 0.374. The van der Waals surface area contributed by atoms with Crippen LogP contribution in [-0.4, -0.2) is 39.3 Å². The lowest BCUT2D eigenvalue weighted by Gasteiger charge is -2.28. The second-order valence-electron chi connectivity index (χ2n) is 6.18. The lowest BCUT2D eigenvalue weighted by Crippen LogP contribution is -2.36. The summed E-state index contributed by atoms with van der Waals surface area (Å²) in [7, 11) is 1.77. The van der Waals surface area contributed by atoms with Gasteiger partial charge in [-0.2, -0.15) is 0 Å². The Kier molecular flexibility index (Phi) is 9.17. The first-order chi connectivity index (χ1) is 12.7.